The summed E-state index contributed by atoms with van der Waals surface area (Å²) >= 11 is 0. The molecule has 5 heteroatoms. The minimum Gasteiger partial charge on any atom is -0.478 e. The summed E-state index contributed by atoms with van der Waals surface area (Å²) in [6.45, 7) is 9.60. The van der Waals surface area contributed by atoms with E-state index in [-0.39, 0.29) is 29.5 Å². The number of carbonyl (C=O) groups is 1. The third-order valence-electron chi connectivity index (χ3n) is 7.77. The van der Waals surface area contributed by atoms with Gasteiger partial charge < -0.3 is 14.5 Å². The molecule has 2 heterocycles. The summed E-state index contributed by atoms with van der Waals surface area (Å²) in [7, 11) is 0. The van der Waals surface area contributed by atoms with Gasteiger partial charge in [0.2, 0.25) is 0 Å². The van der Waals surface area contributed by atoms with E-state index in [0.29, 0.717) is 0 Å². The maximum Gasteiger partial charge on any atom is 0.320 e. The number of likely N-dealkylation sites (tertiary alicyclic amines) is 2. The Balaban J connectivity index is 1.72. The van der Waals surface area contributed by atoms with Gasteiger partial charge >= 0.3 is 6.03 Å². The van der Waals surface area contributed by atoms with Crippen LogP contribution in [0.5, 0.6) is 5.75 Å². The highest BCUT2D eigenvalue weighted by Crippen LogP contribution is 2.57. The van der Waals surface area contributed by atoms with Gasteiger partial charge in [-0.2, -0.15) is 5.26 Å². The highest BCUT2D eigenvalue weighted by Gasteiger charge is 2.57. The lowest BCUT2D eigenvalue weighted by atomic mass is 9.51. The molecule has 0 spiro atoms. The van der Waals surface area contributed by atoms with E-state index in [1.165, 1.54) is 17.5 Å². The predicted molar refractivity (Wildman–Crippen MR) is 108 cm³/mol. The number of nitriles is 1. The molecule has 3 aliphatic rings. The standard InChI is InChI=1S/C23H31N3O2/c1-22(2)20-16-17-18(8-7-9-19(17)28-15-11-24)23(22,3)10-14-26(20)21(27)25-12-5-4-6-13-25/h7-9,20H,4-6,10,12-16H2,1-3H3/t20-,23+/m1/s1. The number of urea groups is 1. The van der Waals surface area contributed by atoms with E-state index >= 15 is 0 Å². The molecule has 5 nitrogen and oxygen atoms in total. The van der Waals surface area contributed by atoms with Crippen molar-refractivity contribution in [1.29, 1.82) is 5.26 Å². The molecule has 2 bridgehead atoms. The fraction of sp³-hybridized carbons (Fsp3) is 0.652. The third kappa shape index (κ3) is 2.77. The Labute approximate surface area is 168 Å². The smallest absolute Gasteiger partial charge is 0.320 e. The maximum atomic E-state index is 13.4. The van der Waals surface area contributed by atoms with Crippen LogP contribution in [-0.2, 0) is 11.8 Å². The fourth-order valence-corrected chi connectivity index (χ4v) is 5.65. The molecule has 2 amide bonds. The molecule has 2 fully saturated rings. The Hall–Kier alpha value is -2.22. The molecule has 1 aromatic carbocycles. The summed E-state index contributed by atoms with van der Waals surface area (Å²) in [5.41, 5.74) is 2.46. The number of amides is 2. The van der Waals surface area contributed by atoms with E-state index in [1.807, 2.05) is 12.1 Å². The van der Waals surface area contributed by atoms with Crippen molar-refractivity contribution in [1.82, 2.24) is 9.80 Å². The molecule has 0 N–H and O–H groups in total. The number of ether oxygens (including phenoxy) is 1. The van der Waals surface area contributed by atoms with Crippen molar-refractivity contribution in [2.75, 3.05) is 26.2 Å². The van der Waals surface area contributed by atoms with Gasteiger partial charge in [0.25, 0.3) is 0 Å². The van der Waals surface area contributed by atoms with Crippen molar-refractivity contribution < 1.29 is 9.53 Å². The molecular formula is C23H31N3O2. The summed E-state index contributed by atoms with van der Waals surface area (Å²) in [5, 5.41) is 8.95. The molecule has 1 aliphatic carbocycles. The summed E-state index contributed by atoms with van der Waals surface area (Å²) in [4.78, 5) is 17.6. The number of rotatable bonds is 2. The van der Waals surface area contributed by atoms with E-state index in [9.17, 15) is 4.79 Å². The van der Waals surface area contributed by atoms with Gasteiger partial charge in [0, 0.05) is 36.7 Å². The summed E-state index contributed by atoms with van der Waals surface area (Å²) in [5.74, 6) is 0.804. The lowest BCUT2D eigenvalue weighted by Crippen LogP contribution is -2.66. The average Bonchev–Trinajstić information content (AvgIpc) is 2.69. The molecular weight excluding hydrogens is 350 g/mol. The van der Waals surface area contributed by atoms with Crippen LogP contribution in [0.2, 0.25) is 0 Å². The minimum absolute atomic E-state index is 0.0179. The Morgan fingerprint density at radius 1 is 1.21 bits per heavy atom. The molecule has 28 heavy (non-hydrogen) atoms. The molecule has 0 radical (unpaired) electrons. The van der Waals surface area contributed by atoms with Crippen LogP contribution in [0, 0.1) is 16.7 Å². The number of carbonyl (C=O) groups excluding carboxylic acids is 1. The quantitative estimate of drug-likeness (QED) is 0.775. The van der Waals surface area contributed by atoms with Gasteiger partial charge in [-0.3, -0.25) is 0 Å². The lowest BCUT2D eigenvalue weighted by Gasteiger charge is -2.61. The van der Waals surface area contributed by atoms with Gasteiger partial charge in [-0.1, -0.05) is 32.9 Å². The zero-order chi connectivity index (χ0) is 19.9. The van der Waals surface area contributed by atoms with Crippen LogP contribution in [0.15, 0.2) is 18.2 Å². The van der Waals surface area contributed by atoms with Crippen molar-refractivity contribution in [2.24, 2.45) is 5.41 Å². The second kappa shape index (κ2) is 6.99. The monoisotopic (exact) mass is 381 g/mol. The van der Waals surface area contributed by atoms with E-state index < -0.39 is 0 Å². The van der Waals surface area contributed by atoms with Gasteiger partial charge in [0.15, 0.2) is 6.61 Å². The SMILES string of the molecule is CC1(C)[C@H]2Cc3c(OCC#N)cccc3[C@]1(C)CCN2C(=O)N1CCCCC1. The highest BCUT2D eigenvalue weighted by molar-refractivity contribution is 5.76. The first kappa shape index (κ1) is 19.1. The van der Waals surface area contributed by atoms with E-state index in [2.05, 4.69) is 42.7 Å². The number of piperidine rings is 2. The summed E-state index contributed by atoms with van der Waals surface area (Å²) in [6, 6.07) is 8.64. The molecule has 2 saturated heterocycles. The highest BCUT2D eigenvalue weighted by atomic mass is 16.5. The number of hydrogen-bond donors (Lipinski definition) is 0. The van der Waals surface area contributed by atoms with Gasteiger partial charge in [0.1, 0.15) is 11.8 Å². The summed E-state index contributed by atoms with van der Waals surface area (Å²) < 4.78 is 5.77. The van der Waals surface area contributed by atoms with E-state index in [4.69, 9.17) is 10.00 Å². The molecule has 1 aromatic rings. The predicted octanol–water partition coefficient (Wildman–Crippen LogP) is 4.11. The first-order valence-electron chi connectivity index (χ1n) is 10.6. The van der Waals surface area contributed by atoms with Gasteiger partial charge in [-0.15, -0.1) is 0 Å². The van der Waals surface area contributed by atoms with E-state index in [1.54, 1.807) is 0 Å². The van der Waals surface area contributed by atoms with Crippen LogP contribution in [-0.4, -0.2) is 48.1 Å². The van der Waals surface area contributed by atoms with Crippen LogP contribution in [0.1, 0.15) is 57.6 Å². The first-order chi connectivity index (χ1) is 13.4. The molecule has 0 unspecified atom stereocenters. The Kier molecular flexibility index (Phi) is 4.77. The van der Waals surface area contributed by atoms with Crippen LogP contribution in [0.4, 0.5) is 4.79 Å². The number of benzene rings is 1. The first-order valence-corrected chi connectivity index (χ1v) is 10.6. The number of fused-ring (bicyclic) bond motifs is 4. The zero-order valence-corrected chi connectivity index (χ0v) is 17.3. The van der Waals surface area contributed by atoms with E-state index in [0.717, 1.165) is 51.1 Å². The van der Waals surface area contributed by atoms with Crippen molar-refractivity contribution in [3.63, 3.8) is 0 Å². The second-order valence-corrected chi connectivity index (χ2v) is 9.28. The molecule has 150 valence electrons. The molecule has 0 aromatic heterocycles. The Morgan fingerprint density at radius 3 is 2.68 bits per heavy atom. The lowest BCUT2D eigenvalue weighted by molar-refractivity contribution is -0.0247. The van der Waals surface area contributed by atoms with Crippen molar-refractivity contribution in [3.05, 3.63) is 29.3 Å². The van der Waals surface area contributed by atoms with Crippen LogP contribution in [0.25, 0.3) is 0 Å². The van der Waals surface area contributed by atoms with Crippen LogP contribution >= 0.6 is 0 Å². The van der Waals surface area contributed by atoms with Gasteiger partial charge in [-0.25, -0.2) is 4.79 Å². The molecule has 0 saturated carbocycles. The van der Waals surface area contributed by atoms with Crippen LogP contribution in [0.3, 0.4) is 0 Å². The minimum atomic E-state index is -0.0302. The van der Waals surface area contributed by atoms with Crippen molar-refractivity contribution in [2.45, 2.75) is 64.3 Å². The van der Waals surface area contributed by atoms with Crippen molar-refractivity contribution >= 4 is 6.03 Å². The fourth-order valence-electron chi connectivity index (χ4n) is 5.65. The molecule has 4 rings (SSSR count). The zero-order valence-electron chi connectivity index (χ0n) is 17.3. The molecule has 2 aliphatic heterocycles. The van der Waals surface area contributed by atoms with Crippen LogP contribution < -0.4 is 4.74 Å². The normalized spacial score (nSPS) is 28.3. The number of nitrogens with zero attached hydrogens (tertiary/aromatic N) is 3. The average molecular weight is 382 g/mol. The van der Waals surface area contributed by atoms with Gasteiger partial charge in [0.05, 0.1) is 0 Å². The third-order valence-corrected chi connectivity index (χ3v) is 7.77. The van der Waals surface area contributed by atoms with Crippen molar-refractivity contribution in [3.8, 4) is 11.8 Å². The number of hydrogen-bond acceptors (Lipinski definition) is 3. The topological polar surface area (TPSA) is 56.6 Å². The maximum absolute atomic E-state index is 13.4. The van der Waals surface area contributed by atoms with Gasteiger partial charge in [-0.05, 0) is 49.1 Å². The summed E-state index contributed by atoms with van der Waals surface area (Å²) in [6.07, 6.45) is 5.19. The Bertz CT molecular complexity index is 807. The molecule has 2 atom stereocenters. The Morgan fingerprint density at radius 2 is 1.96 bits per heavy atom. The largest absolute Gasteiger partial charge is 0.478 e. The second-order valence-electron chi connectivity index (χ2n) is 9.28.